The van der Waals surface area contributed by atoms with E-state index in [4.69, 9.17) is 14.2 Å². The van der Waals surface area contributed by atoms with Gasteiger partial charge in [-0.3, -0.25) is 4.79 Å². The van der Waals surface area contributed by atoms with Crippen molar-refractivity contribution in [1.82, 2.24) is 0 Å². The van der Waals surface area contributed by atoms with Crippen LogP contribution >= 0.6 is 0 Å². The van der Waals surface area contributed by atoms with E-state index in [9.17, 15) is 4.79 Å². The van der Waals surface area contributed by atoms with Gasteiger partial charge in [0.1, 0.15) is 0 Å². The first-order chi connectivity index (χ1) is 8.65. The molecule has 1 atom stereocenters. The largest absolute Gasteiger partial charge is 0.461 e. The second-order valence-electron chi connectivity index (χ2n) is 4.46. The van der Waals surface area contributed by atoms with Crippen molar-refractivity contribution in [3.63, 3.8) is 0 Å². The van der Waals surface area contributed by atoms with Gasteiger partial charge < -0.3 is 14.2 Å². The lowest BCUT2D eigenvalue weighted by Crippen LogP contribution is -2.25. The fourth-order valence-corrected chi connectivity index (χ4v) is 1.89. The molecule has 0 aliphatic carbocycles. The molecule has 1 aliphatic rings. The van der Waals surface area contributed by atoms with E-state index in [1.54, 1.807) is 6.07 Å². The number of benzene rings is 1. The van der Waals surface area contributed by atoms with Gasteiger partial charge in [-0.1, -0.05) is 6.07 Å². The first-order valence-electron chi connectivity index (χ1n) is 6.22. The SMILES string of the molecule is CC(=O)Oc1cc(C)ccc1OC1CCCCO1. The summed E-state index contributed by atoms with van der Waals surface area (Å²) in [7, 11) is 0. The highest BCUT2D eigenvalue weighted by Crippen LogP contribution is 2.30. The van der Waals surface area contributed by atoms with Crippen LogP contribution in [0.3, 0.4) is 0 Å². The van der Waals surface area contributed by atoms with Gasteiger partial charge in [-0.15, -0.1) is 0 Å². The Balaban J connectivity index is 2.12. The lowest BCUT2D eigenvalue weighted by Gasteiger charge is -2.24. The third-order valence-corrected chi connectivity index (χ3v) is 2.75. The number of rotatable bonds is 3. The number of hydrogen-bond acceptors (Lipinski definition) is 4. The summed E-state index contributed by atoms with van der Waals surface area (Å²) in [6.07, 6.45) is 2.80. The number of carbonyl (C=O) groups excluding carboxylic acids is 1. The van der Waals surface area contributed by atoms with Crippen LogP contribution in [-0.4, -0.2) is 18.9 Å². The number of esters is 1. The Labute approximate surface area is 107 Å². The smallest absolute Gasteiger partial charge is 0.308 e. The van der Waals surface area contributed by atoms with Crippen LogP contribution in [0.5, 0.6) is 11.5 Å². The van der Waals surface area contributed by atoms with Gasteiger partial charge in [0.05, 0.1) is 6.61 Å². The molecule has 0 N–H and O–H groups in total. The standard InChI is InChI=1S/C14H18O4/c1-10-6-7-12(13(9-10)17-11(2)15)18-14-5-3-4-8-16-14/h6-7,9,14H,3-5,8H2,1-2H3. The highest BCUT2D eigenvalue weighted by atomic mass is 16.7. The average molecular weight is 250 g/mol. The van der Waals surface area contributed by atoms with Gasteiger partial charge in [0, 0.05) is 13.3 Å². The van der Waals surface area contributed by atoms with Crippen molar-refractivity contribution >= 4 is 5.97 Å². The number of aryl methyl sites for hydroxylation is 1. The molecule has 0 aromatic heterocycles. The van der Waals surface area contributed by atoms with E-state index in [-0.39, 0.29) is 12.3 Å². The van der Waals surface area contributed by atoms with E-state index in [0.717, 1.165) is 31.4 Å². The molecular formula is C14H18O4. The van der Waals surface area contributed by atoms with Crippen LogP contribution in [0.4, 0.5) is 0 Å². The van der Waals surface area contributed by atoms with Gasteiger partial charge in [0.15, 0.2) is 17.8 Å². The summed E-state index contributed by atoms with van der Waals surface area (Å²) in [5, 5.41) is 0. The molecule has 1 saturated heterocycles. The molecule has 4 heteroatoms. The van der Waals surface area contributed by atoms with Gasteiger partial charge in [0.2, 0.25) is 0 Å². The third kappa shape index (κ3) is 3.47. The molecule has 4 nitrogen and oxygen atoms in total. The summed E-state index contributed by atoms with van der Waals surface area (Å²) in [5.41, 5.74) is 1.02. The van der Waals surface area contributed by atoms with Crippen LogP contribution in [0, 0.1) is 6.92 Å². The van der Waals surface area contributed by atoms with Crippen molar-refractivity contribution in [2.75, 3.05) is 6.61 Å². The molecule has 1 unspecified atom stereocenters. The predicted molar refractivity (Wildman–Crippen MR) is 66.7 cm³/mol. The molecule has 18 heavy (non-hydrogen) atoms. The van der Waals surface area contributed by atoms with E-state index >= 15 is 0 Å². The molecule has 0 saturated carbocycles. The Morgan fingerprint density at radius 1 is 1.33 bits per heavy atom. The molecule has 1 aromatic carbocycles. The topological polar surface area (TPSA) is 44.8 Å². The molecule has 98 valence electrons. The summed E-state index contributed by atoms with van der Waals surface area (Å²) in [6, 6.07) is 5.52. The molecule has 0 bridgehead atoms. The Morgan fingerprint density at radius 3 is 2.83 bits per heavy atom. The van der Waals surface area contributed by atoms with Gasteiger partial charge in [-0.2, -0.15) is 0 Å². The van der Waals surface area contributed by atoms with Crippen molar-refractivity contribution in [2.24, 2.45) is 0 Å². The van der Waals surface area contributed by atoms with Crippen LogP contribution in [0.15, 0.2) is 18.2 Å². The van der Waals surface area contributed by atoms with Gasteiger partial charge >= 0.3 is 5.97 Å². The lowest BCUT2D eigenvalue weighted by molar-refractivity contribution is -0.132. The molecule has 0 amide bonds. The lowest BCUT2D eigenvalue weighted by atomic mass is 10.2. The molecule has 0 radical (unpaired) electrons. The minimum Gasteiger partial charge on any atom is -0.461 e. The van der Waals surface area contributed by atoms with Crippen molar-refractivity contribution in [3.05, 3.63) is 23.8 Å². The summed E-state index contributed by atoms with van der Waals surface area (Å²) < 4.78 is 16.4. The van der Waals surface area contributed by atoms with E-state index in [2.05, 4.69) is 0 Å². The number of ether oxygens (including phenoxy) is 3. The maximum atomic E-state index is 11.1. The molecule has 1 aliphatic heterocycles. The minimum absolute atomic E-state index is 0.240. The summed E-state index contributed by atoms with van der Waals surface area (Å²) in [4.78, 5) is 11.1. The third-order valence-electron chi connectivity index (χ3n) is 2.75. The highest BCUT2D eigenvalue weighted by Gasteiger charge is 2.18. The normalized spacial score (nSPS) is 19.3. The summed E-state index contributed by atoms with van der Waals surface area (Å²) in [6.45, 7) is 4.04. The zero-order valence-electron chi connectivity index (χ0n) is 10.8. The van der Waals surface area contributed by atoms with Crippen molar-refractivity contribution in [3.8, 4) is 11.5 Å². The van der Waals surface area contributed by atoms with Crippen LogP contribution in [-0.2, 0) is 9.53 Å². The van der Waals surface area contributed by atoms with Crippen LogP contribution in [0.2, 0.25) is 0 Å². The fraction of sp³-hybridized carbons (Fsp3) is 0.500. The van der Waals surface area contributed by atoms with E-state index < -0.39 is 0 Å². The maximum absolute atomic E-state index is 11.1. The molecule has 1 fully saturated rings. The van der Waals surface area contributed by atoms with Crippen LogP contribution in [0.1, 0.15) is 31.7 Å². The van der Waals surface area contributed by atoms with E-state index in [1.165, 1.54) is 6.92 Å². The quantitative estimate of drug-likeness (QED) is 0.611. The van der Waals surface area contributed by atoms with Crippen LogP contribution in [0.25, 0.3) is 0 Å². The Bertz CT molecular complexity index is 422. The fourth-order valence-electron chi connectivity index (χ4n) is 1.89. The molecule has 1 aromatic rings. The zero-order valence-corrected chi connectivity index (χ0v) is 10.8. The average Bonchev–Trinajstić information content (AvgIpc) is 2.33. The summed E-state index contributed by atoms with van der Waals surface area (Å²) in [5.74, 6) is 0.661. The minimum atomic E-state index is -0.352. The molecule has 0 spiro atoms. The van der Waals surface area contributed by atoms with Crippen LogP contribution < -0.4 is 9.47 Å². The Morgan fingerprint density at radius 2 is 2.17 bits per heavy atom. The number of carbonyl (C=O) groups is 1. The second-order valence-corrected chi connectivity index (χ2v) is 4.46. The van der Waals surface area contributed by atoms with Gasteiger partial charge in [-0.25, -0.2) is 0 Å². The van der Waals surface area contributed by atoms with Gasteiger partial charge in [0.25, 0.3) is 0 Å². The van der Waals surface area contributed by atoms with Crippen molar-refractivity contribution in [1.29, 1.82) is 0 Å². The Hall–Kier alpha value is -1.55. The molecule has 1 heterocycles. The molecular weight excluding hydrogens is 232 g/mol. The highest BCUT2D eigenvalue weighted by molar-refractivity contribution is 5.70. The maximum Gasteiger partial charge on any atom is 0.308 e. The van der Waals surface area contributed by atoms with E-state index in [1.807, 2.05) is 19.1 Å². The zero-order chi connectivity index (χ0) is 13.0. The first-order valence-corrected chi connectivity index (χ1v) is 6.22. The number of hydrogen-bond donors (Lipinski definition) is 0. The van der Waals surface area contributed by atoms with Crippen molar-refractivity contribution < 1.29 is 19.0 Å². The second kappa shape index (κ2) is 5.87. The first kappa shape index (κ1) is 12.9. The van der Waals surface area contributed by atoms with E-state index in [0.29, 0.717) is 11.5 Å². The summed E-state index contributed by atoms with van der Waals surface area (Å²) >= 11 is 0. The van der Waals surface area contributed by atoms with Crippen molar-refractivity contribution in [2.45, 2.75) is 39.4 Å². The Kier molecular flexibility index (Phi) is 4.20. The van der Waals surface area contributed by atoms with Gasteiger partial charge in [-0.05, 0) is 37.5 Å². The predicted octanol–water partition coefficient (Wildman–Crippen LogP) is 2.83. The monoisotopic (exact) mass is 250 g/mol. The molecule has 2 rings (SSSR count).